The Morgan fingerprint density at radius 2 is 1.88 bits per heavy atom. The van der Waals surface area contributed by atoms with E-state index in [0.717, 1.165) is 0 Å². The van der Waals surface area contributed by atoms with Gasteiger partial charge in [-0.3, -0.25) is 9.78 Å². The van der Waals surface area contributed by atoms with E-state index in [1.165, 1.54) is 4.68 Å². The van der Waals surface area contributed by atoms with Gasteiger partial charge in [0.2, 0.25) is 0 Å². The van der Waals surface area contributed by atoms with Gasteiger partial charge in [0.15, 0.2) is 0 Å². The average molecular weight is 233 g/mol. The second-order valence-electron chi connectivity index (χ2n) is 4.47. The SMILES string of the molecule is CC.CC(C)(C)n1ncc2ncccc2c1=O. The number of nitrogens with zero attached hydrogens (tertiary/aromatic N) is 3. The van der Waals surface area contributed by atoms with Crippen LogP contribution in [0.1, 0.15) is 34.6 Å². The molecule has 0 amide bonds. The topological polar surface area (TPSA) is 47.8 Å². The van der Waals surface area contributed by atoms with E-state index in [-0.39, 0.29) is 11.1 Å². The van der Waals surface area contributed by atoms with Gasteiger partial charge >= 0.3 is 0 Å². The summed E-state index contributed by atoms with van der Waals surface area (Å²) in [6, 6.07) is 3.53. The Kier molecular flexibility index (Phi) is 3.99. The van der Waals surface area contributed by atoms with Gasteiger partial charge in [0, 0.05) is 6.20 Å². The zero-order valence-electron chi connectivity index (χ0n) is 11.1. The number of hydrogen-bond donors (Lipinski definition) is 0. The molecule has 0 saturated heterocycles. The van der Waals surface area contributed by atoms with E-state index >= 15 is 0 Å². The molecule has 0 aliphatic heterocycles. The predicted octanol–water partition coefficient (Wildman–Crippen LogP) is 2.57. The number of pyridine rings is 1. The van der Waals surface area contributed by atoms with Gasteiger partial charge in [-0.25, -0.2) is 4.68 Å². The van der Waals surface area contributed by atoms with Crippen molar-refractivity contribution in [1.29, 1.82) is 0 Å². The van der Waals surface area contributed by atoms with Crippen LogP contribution in [0.3, 0.4) is 0 Å². The minimum atomic E-state index is -0.304. The minimum absolute atomic E-state index is 0.0897. The first kappa shape index (κ1) is 13.4. The summed E-state index contributed by atoms with van der Waals surface area (Å²) in [6.45, 7) is 9.84. The summed E-state index contributed by atoms with van der Waals surface area (Å²) >= 11 is 0. The van der Waals surface area contributed by atoms with Gasteiger partial charge < -0.3 is 0 Å². The standard InChI is InChI=1S/C11H13N3O.C2H6/c1-11(2,3)14-10(15)8-5-4-6-12-9(8)7-13-14;1-2/h4-7H,1-3H3;1-2H3. The highest BCUT2D eigenvalue weighted by Crippen LogP contribution is 2.11. The summed E-state index contributed by atoms with van der Waals surface area (Å²) in [4.78, 5) is 16.1. The lowest BCUT2D eigenvalue weighted by molar-refractivity contribution is 0.340. The van der Waals surface area contributed by atoms with Crippen molar-refractivity contribution >= 4 is 10.9 Å². The maximum atomic E-state index is 12.0. The zero-order chi connectivity index (χ0) is 13.1. The van der Waals surface area contributed by atoms with E-state index in [1.54, 1.807) is 24.5 Å². The highest BCUT2D eigenvalue weighted by Gasteiger charge is 2.17. The molecule has 2 heterocycles. The van der Waals surface area contributed by atoms with Crippen LogP contribution in [0.4, 0.5) is 0 Å². The first-order valence-corrected chi connectivity index (χ1v) is 5.84. The lowest BCUT2D eigenvalue weighted by Gasteiger charge is -2.20. The Balaban J connectivity index is 0.000000686. The smallest absolute Gasteiger partial charge is 0.267 e. The van der Waals surface area contributed by atoms with Gasteiger partial charge in [0.25, 0.3) is 5.56 Å². The molecule has 0 fully saturated rings. The van der Waals surface area contributed by atoms with Crippen LogP contribution in [0.15, 0.2) is 29.3 Å². The molecule has 0 bridgehead atoms. The van der Waals surface area contributed by atoms with Gasteiger partial charge in [0.1, 0.15) is 0 Å². The van der Waals surface area contributed by atoms with Gasteiger partial charge in [-0.05, 0) is 32.9 Å². The third-order valence-electron chi connectivity index (χ3n) is 2.19. The molecule has 0 N–H and O–H groups in total. The second-order valence-corrected chi connectivity index (χ2v) is 4.47. The molecule has 17 heavy (non-hydrogen) atoms. The average Bonchev–Trinajstić information content (AvgIpc) is 2.31. The van der Waals surface area contributed by atoms with E-state index in [2.05, 4.69) is 10.1 Å². The van der Waals surface area contributed by atoms with E-state index in [4.69, 9.17) is 0 Å². The molecular weight excluding hydrogens is 214 g/mol. The Bertz CT molecular complexity index is 552. The monoisotopic (exact) mass is 233 g/mol. The third kappa shape index (κ3) is 2.70. The summed E-state index contributed by atoms with van der Waals surface area (Å²) in [5.74, 6) is 0. The summed E-state index contributed by atoms with van der Waals surface area (Å²) in [6.07, 6.45) is 3.28. The molecule has 4 heteroatoms. The highest BCUT2D eigenvalue weighted by molar-refractivity contribution is 5.75. The summed E-state index contributed by atoms with van der Waals surface area (Å²) in [7, 11) is 0. The minimum Gasteiger partial charge on any atom is -0.267 e. The fraction of sp³-hybridized carbons (Fsp3) is 0.462. The molecule has 0 aliphatic carbocycles. The lowest BCUT2D eigenvalue weighted by Crippen LogP contribution is -2.35. The van der Waals surface area contributed by atoms with Crippen LogP contribution < -0.4 is 5.56 Å². The molecule has 0 atom stereocenters. The molecular formula is C13H19N3O. The highest BCUT2D eigenvalue weighted by atomic mass is 16.1. The van der Waals surface area contributed by atoms with Gasteiger partial charge in [0.05, 0.1) is 22.6 Å². The fourth-order valence-electron chi connectivity index (χ4n) is 1.46. The van der Waals surface area contributed by atoms with Crippen molar-refractivity contribution in [2.75, 3.05) is 0 Å². The van der Waals surface area contributed by atoms with Crippen LogP contribution in [0.5, 0.6) is 0 Å². The molecule has 0 spiro atoms. The van der Waals surface area contributed by atoms with Crippen molar-refractivity contribution in [1.82, 2.24) is 14.8 Å². The fourth-order valence-corrected chi connectivity index (χ4v) is 1.46. The largest absolute Gasteiger partial charge is 0.276 e. The normalized spacial score (nSPS) is 10.9. The molecule has 2 aromatic rings. The van der Waals surface area contributed by atoms with Gasteiger partial charge in [-0.2, -0.15) is 5.10 Å². The maximum Gasteiger partial charge on any atom is 0.276 e. The number of fused-ring (bicyclic) bond motifs is 1. The van der Waals surface area contributed by atoms with Crippen molar-refractivity contribution in [2.24, 2.45) is 0 Å². The molecule has 0 aromatic carbocycles. The molecule has 0 unspecified atom stereocenters. The van der Waals surface area contributed by atoms with Gasteiger partial charge in [-0.15, -0.1) is 0 Å². The van der Waals surface area contributed by atoms with Crippen LogP contribution in [-0.2, 0) is 5.54 Å². The molecule has 92 valence electrons. The van der Waals surface area contributed by atoms with Crippen molar-refractivity contribution < 1.29 is 0 Å². The first-order chi connectivity index (χ1) is 8.00. The number of rotatable bonds is 0. The Hall–Kier alpha value is -1.71. The number of hydrogen-bond acceptors (Lipinski definition) is 3. The molecule has 4 nitrogen and oxygen atoms in total. The molecule has 0 aliphatic rings. The van der Waals surface area contributed by atoms with Crippen molar-refractivity contribution in [3.63, 3.8) is 0 Å². The molecule has 0 radical (unpaired) electrons. The maximum absolute atomic E-state index is 12.0. The quantitative estimate of drug-likeness (QED) is 0.702. The van der Waals surface area contributed by atoms with Crippen LogP contribution in [0, 0.1) is 0 Å². The lowest BCUT2D eigenvalue weighted by atomic mass is 10.1. The second kappa shape index (κ2) is 5.08. The van der Waals surface area contributed by atoms with Gasteiger partial charge in [-0.1, -0.05) is 13.8 Å². The van der Waals surface area contributed by atoms with E-state index < -0.39 is 0 Å². The number of aromatic nitrogens is 3. The zero-order valence-corrected chi connectivity index (χ0v) is 11.1. The molecule has 0 saturated carbocycles. The third-order valence-corrected chi connectivity index (χ3v) is 2.19. The molecule has 2 rings (SSSR count). The summed E-state index contributed by atoms with van der Waals surface area (Å²) < 4.78 is 1.48. The van der Waals surface area contributed by atoms with E-state index in [1.807, 2.05) is 34.6 Å². The Labute approximate surface area is 101 Å². The summed E-state index contributed by atoms with van der Waals surface area (Å²) in [5, 5.41) is 4.73. The van der Waals surface area contributed by atoms with E-state index in [9.17, 15) is 4.79 Å². The van der Waals surface area contributed by atoms with Crippen molar-refractivity contribution in [3.8, 4) is 0 Å². The van der Waals surface area contributed by atoms with Crippen LogP contribution in [0.2, 0.25) is 0 Å². The van der Waals surface area contributed by atoms with Crippen molar-refractivity contribution in [2.45, 2.75) is 40.2 Å². The Morgan fingerprint density at radius 1 is 1.24 bits per heavy atom. The van der Waals surface area contributed by atoms with Crippen LogP contribution in [0.25, 0.3) is 10.9 Å². The Morgan fingerprint density at radius 3 is 2.47 bits per heavy atom. The van der Waals surface area contributed by atoms with Crippen LogP contribution >= 0.6 is 0 Å². The summed E-state index contributed by atoms with van der Waals surface area (Å²) in [5.41, 5.74) is 0.247. The molecule has 2 aromatic heterocycles. The predicted molar refractivity (Wildman–Crippen MR) is 70.1 cm³/mol. The van der Waals surface area contributed by atoms with Crippen LogP contribution in [-0.4, -0.2) is 14.8 Å². The first-order valence-electron chi connectivity index (χ1n) is 5.84. The van der Waals surface area contributed by atoms with Crippen molar-refractivity contribution in [3.05, 3.63) is 34.9 Å². The van der Waals surface area contributed by atoms with E-state index in [0.29, 0.717) is 10.9 Å².